The van der Waals surface area contributed by atoms with Crippen LogP contribution in [0.2, 0.25) is 0 Å². The number of hydrogen-bond donors (Lipinski definition) is 1. The fourth-order valence-electron chi connectivity index (χ4n) is 2.30. The molecule has 1 saturated heterocycles. The van der Waals surface area contributed by atoms with E-state index in [-0.39, 0.29) is 16.9 Å². The van der Waals surface area contributed by atoms with E-state index in [0.717, 1.165) is 12.8 Å². The topological polar surface area (TPSA) is 81.2 Å². The van der Waals surface area contributed by atoms with Crippen molar-refractivity contribution in [3.8, 4) is 0 Å². The molecule has 1 aromatic heterocycles. The smallest absolute Gasteiger partial charge is 0.246 e. The third-order valence-electron chi connectivity index (χ3n) is 3.48. The van der Waals surface area contributed by atoms with Crippen molar-refractivity contribution in [1.29, 1.82) is 0 Å². The second kappa shape index (κ2) is 4.99. The van der Waals surface area contributed by atoms with E-state index >= 15 is 0 Å². The highest BCUT2D eigenvalue weighted by atomic mass is 32.2. The second-order valence-electron chi connectivity index (χ2n) is 4.97. The molecule has 0 saturated carbocycles. The summed E-state index contributed by atoms with van der Waals surface area (Å²) in [5, 5.41) is 3.92. The van der Waals surface area contributed by atoms with Gasteiger partial charge in [-0.3, -0.25) is 4.68 Å². The highest BCUT2D eigenvalue weighted by Crippen LogP contribution is 2.24. The maximum Gasteiger partial charge on any atom is 0.246 e. The minimum Gasteiger partial charge on any atom is -0.328 e. The van der Waals surface area contributed by atoms with Gasteiger partial charge in [-0.1, -0.05) is 0 Å². The third-order valence-corrected chi connectivity index (χ3v) is 5.30. The lowest BCUT2D eigenvalue weighted by Gasteiger charge is -2.33. The fraction of sp³-hybridized carbons (Fsp3) is 0.727. The highest BCUT2D eigenvalue weighted by molar-refractivity contribution is 7.89. The summed E-state index contributed by atoms with van der Waals surface area (Å²) in [6, 6.07) is 0.0249. The van der Waals surface area contributed by atoms with Gasteiger partial charge < -0.3 is 5.73 Å². The van der Waals surface area contributed by atoms with Crippen LogP contribution in [0, 0.1) is 5.92 Å². The molecule has 0 aliphatic carbocycles. The number of nitrogens with zero attached hydrogens (tertiary/aromatic N) is 3. The quantitative estimate of drug-likeness (QED) is 0.850. The van der Waals surface area contributed by atoms with Gasteiger partial charge >= 0.3 is 0 Å². The molecule has 0 amide bonds. The Morgan fingerprint density at radius 2 is 2.28 bits per heavy atom. The van der Waals surface area contributed by atoms with Crippen LogP contribution in [-0.2, 0) is 17.1 Å². The Balaban J connectivity index is 2.20. The summed E-state index contributed by atoms with van der Waals surface area (Å²) in [6.45, 7) is 3.01. The Bertz CT molecular complexity index is 509. The lowest BCUT2D eigenvalue weighted by molar-refractivity contribution is 0.243. The minimum atomic E-state index is -3.41. The molecule has 2 N–H and O–H groups in total. The fourth-order valence-corrected chi connectivity index (χ4v) is 3.82. The average molecular weight is 272 g/mol. The molecule has 2 rings (SSSR count). The Hall–Kier alpha value is -0.920. The molecular weight excluding hydrogens is 252 g/mol. The van der Waals surface area contributed by atoms with Gasteiger partial charge in [0.15, 0.2) is 0 Å². The van der Waals surface area contributed by atoms with Crippen LogP contribution in [0.3, 0.4) is 0 Å². The molecule has 0 spiro atoms. The first-order valence-corrected chi connectivity index (χ1v) is 7.59. The van der Waals surface area contributed by atoms with Crippen molar-refractivity contribution in [2.45, 2.75) is 30.7 Å². The average Bonchev–Trinajstić information content (AvgIpc) is 2.77. The molecule has 1 fully saturated rings. The Kier molecular flexibility index (Phi) is 3.74. The molecule has 18 heavy (non-hydrogen) atoms. The Morgan fingerprint density at radius 1 is 1.56 bits per heavy atom. The number of hydrogen-bond acceptors (Lipinski definition) is 4. The van der Waals surface area contributed by atoms with Crippen LogP contribution in [0.25, 0.3) is 0 Å². The molecule has 6 nitrogen and oxygen atoms in total. The van der Waals surface area contributed by atoms with Gasteiger partial charge in [0.2, 0.25) is 10.0 Å². The summed E-state index contributed by atoms with van der Waals surface area (Å²) < 4.78 is 27.8. The molecule has 2 heterocycles. The molecule has 7 heteroatoms. The van der Waals surface area contributed by atoms with Crippen LogP contribution < -0.4 is 5.73 Å². The van der Waals surface area contributed by atoms with Crippen LogP contribution in [0.4, 0.5) is 0 Å². The lowest BCUT2D eigenvalue weighted by atomic mass is 9.93. The van der Waals surface area contributed by atoms with E-state index in [9.17, 15) is 8.42 Å². The van der Waals surface area contributed by atoms with Crippen molar-refractivity contribution < 1.29 is 8.42 Å². The third kappa shape index (κ3) is 2.57. The summed E-state index contributed by atoms with van der Waals surface area (Å²) in [5.74, 6) is 0.241. The molecule has 2 atom stereocenters. The van der Waals surface area contributed by atoms with Crippen molar-refractivity contribution in [3.05, 3.63) is 12.4 Å². The monoisotopic (exact) mass is 272 g/mol. The van der Waals surface area contributed by atoms with Gasteiger partial charge in [0.05, 0.1) is 6.20 Å². The second-order valence-corrected chi connectivity index (χ2v) is 6.91. The summed E-state index contributed by atoms with van der Waals surface area (Å²) >= 11 is 0. The lowest BCUT2D eigenvalue weighted by Crippen LogP contribution is -2.44. The van der Waals surface area contributed by atoms with E-state index in [1.807, 2.05) is 6.92 Å². The molecule has 1 aliphatic rings. The van der Waals surface area contributed by atoms with Crippen molar-refractivity contribution >= 4 is 10.0 Å². The van der Waals surface area contributed by atoms with E-state index < -0.39 is 10.0 Å². The summed E-state index contributed by atoms with van der Waals surface area (Å²) in [4.78, 5) is 0.260. The summed E-state index contributed by atoms with van der Waals surface area (Å²) in [6.07, 6.45) is 4.79. The van der Waals surface area contributed by atoms with E-state index in [4.69, 9.17) is 5.73 Å². The highest BCUT2D eigenvalue weighted by Gasteiger charge is 2.32. The normalized spacial score (nSPS) is 24.1. The van der Waals surface area contributed by atoms with Crippen molar-refractivity contribution in [2.24, 2.45) is 18.7 Å². The summed E-state index contributed by atoms with van der Waals surface area (Å²) in [5.41, 5.74) is 5.88. The largest absolute Gasteiger partial charge is 0.328 e. The zero-order valence-electron chi connectivity index (χ0n) is 10.8. The number of piperidine rings is 1. The first-order valence-electron chi connectivity index (χ1n) is 6.15. The Labute approximate surface area is 108 Å². The van der Waals surface area contributed by atoms with Crippen LogP contribution >= 0.6 is 0 Å². The molecule has 102 valence electrons. The van der Waals surface area contributed by atoms with Crippen LogP contribution in [0.15, 0.2) is 17.3 Å². The van der Waals surface area contributed by atoms with Gasteiger partial charge in [0.25, 0.3) is 0 Å². The number of aryl methyl sites for hydroxylation is 1. The molecule has 0 bridgehead atoms. The summed E-state index contributed by atoms with van der Waals surface area (Å²) in [7, 11) is -1.70. The van der Waals surface area contributed by atoms with E-state index in [2.05, 4.69) is 5.10 Å². The maximum atomic E-state index is 12.4. The Morgan fingerprint density at radius 3 is 2.83 bits per heavy atom. The minimum absolute atomic E-state index is 0.0249. The van der Waals surface area contributed by atoms with E-state index in [1.165, 1.54) is 21.4 Å². The van der Waals surface area contributed by atoms with Crippen molar-refractivity contribution in [3.63, 3.8) is 0 Å². The van der Waals surface area contributed by atoms with E-state index in [1.54, 1.807) is 7.05 Å². The van der Waals surface area contributed by atoms with Gasteiger partial charge in [-0.25, -0.2) is 8.42 Å². The predicted octanol–water partition coefficient (Wildman–Crippen LogP) is 0.168. The van der Waals surface area contributed by atoms with Gasteiger partial charge in [-0.2, -0.15) is 9.40 Å². The van der Waals surface area contributed by atoms with Crippen molar-refractivity contribution in [1.82, 2.24) is 14.1 Å². The number of nitrogens with two attached hydrogens (primary N) is 1. The number of sulfonamides is 1. The number of aromatic nitrogens is 2. The van der Waals surface area contributed by atoms with Gasteiger partial charge in [0.1, 0.15) is 4.90 Å². The zero-order valence-corrected chi connectivity index (χ0v) is 11.6. The standard InChI is InChI=1S/C11H20N4O2S/c1-9(12)10-4-3-5-15(7-10)18(16,17)11-6-13-14(2)8-11/h6,8-10H,3-5,7,12H2,1-2H3/t9-,10+/m1/s1. The van der Waals surface area contributed by atoms with E-state index in [0.29, 0.717) is 13.1 Å². The predicted molar refractivity (Wildman–Crippen MR) is 68.3 cm³/mol. The van der Waals surface area contributed by atoms with Crippen LogP contribution in [0.5, 0.6) is 0 Å². The van der Waals surface area contributed by atoms with Crippen LogP contribution in [0.1, 0.15) is 19.8 Å². The van der Waals surface area contributed by atoms with Crippen LogP contribution in [-0.4, -0.2) is 41.6 Å². The maximum absolute atomic E-state index is 12.4. The number of rotatable bonds is 3. The SMILES string of the molecule is C[C@@H](N)[C@H]1CCCN(S(=O)(=O)c2cnn(C)c2)C1. The molecule has 1 aromatic rings. The first kappa shape index (κ1) is 13.5. The first-order chi connectivity index (χ1) is 8.41. The van der Waals surface area contributed by atoms with Gasteiger partial charge in [0, 0.05) is 32.4 Å². The van der Waals surface area contributed by atoms with Gasteiger partial charge in [-0.15, -0.1) is 0 Å². The zero-order chi connectivity index (χ0) is 13.3. The molecule has 0 unspecified atom stereocenters. The molecule has 0 radical (unpaired) electrons. The molecular formula is C11H20N4O2S. The molecule has 0 aromatic carbocycles. The van der Waals surface area contributed by atoms with Crippen molar-refractivity contribution in [2.75, 3.05) is 13.1 Å². The molecule has 1 aliphatic heterocycles. The van der Waals surface area contributed by atoms with Gasteiger partial charge in [-0.05, 0) is 25.7 Å².